The molecule has 0 bridgehead atoms. The summed E-state index contributed by atoms with van der Waals surface area (Å²) in [5.41, 5.74) is 0.897. The molecule has 0 radical (unpaired) electrons. The molecule has 0 saturated carbocycles. The first-order valence-electron chi connectivity index (χ1n) is 5.86. The summed E-state index contributed by atoms with van der Waals surface area (Å²) < 4.78 is 3.31. The van der Waals surface area contributed by atoms with Crippen molar-refractivity contribution in [3.05, 3.63) is 46.0 Å². The standard InChI is InChI=1S/C12H6N4O2S3/c17-16(18)10-9(14-11-15(10)5-6-19-11)21-12-13-7-3-1-2-4-8(7)20-12/h1-6H. The van der Waals surface area contributed by atoms with E-state index in [4.69, 9.17) is 0 Å². The van der Waals surface area contributed by atoms with E-state index in [1.165, 1.54) is 38.8 Å². The van der Waals surface area contributed by atoms with Gasteiger partial charge in [0.05, 0.1) is 10.2 Å². The Labute approximate surface area is 130 Å². The molecule has 0 unspecified atom stereocenters. The quantitative estimate of drug-likeness (QED) is 0.417. The Morgan fingerprint density at radius 2 is 2.14 bits per heavy atom. The topological polar surface area (TPSA) is 73.3 Å². The number of fused-ring (bicyclic) bond motifs is 2. The van der Waals surface area contributed by atoms with Crippen LogP contribution < -0.4 is 0 Å². The van der Waals surface area contributed by atoms with E-state index in [9.17, 15) is 10.1 Å². The van der Waals surface area contributed by atoms with Crippen LogP contribution >= 0.6 is 34.4 Å². The lowest BCUT2D eigenvalue weighted by Crippen LogP contribution is -1.93. The first-order valence-corrected chi connectivity index (χ1v) is 8.37. The van der Waals surface area contributed by atoms with Crippen molar-refractivity contribution in [3.63, 3.8) is 0 Å². The second kappa shape index (κ2) is 4.79. The van der Waals surface area contributed by atoms with Gasteiger partial charge in [-0.1, -0.05) is 23.5 Å². The minimum atomic E-state index is -0.400. The average molecular weight is 334 g/mol. The van der Waals surface area contributed by atoms with Crippen LogP contribution in [0.25, 0.3) is 15.2 Å². The Morgan fingerprint density at radius 1 is 1.29 bits per heavy atom. The van der Waals surface area contributed by atoms with Crippen molar-refractivity contribution < 1.29 is 4.92 Å². The highest BCUT2D eigenvalue weighted by Gasteiger charge is 2.25. The molecule has 0 atom stereocenters. The summed E-state index contributed by atoms with van der Waals surface area (Å²) in [6.07, 6.45) is 1.66. The van der Waals surface area contributed by atoms with Crippen LogP contribution in [0.5, 0.6) is 0 Å². The molecule has 0 amide bonds. The fourth-order valence-corrected chi connectivity index (χ4v) is 4.81. The summed E-state index contributed by atoms with van der Waals surface area (Å²) in [5.74, 6) is -0.00416. The van der Waals surface area contributed by atoms with Crippen LogP contribution in [-0.4, -0.2) is 19.3 Å². The maximum absolute atomic E-state index is 11.3. The average Bonchev–Trinajstić information content (AvgIpc) is 3.10. The lowest BCUT2D eigenvalue weighted by molar-refractivity contribution is -0.393. The van der Waals surface area contributed by atoms with Crippen LogP contribution in [-0.2, 0) is 0 Å². The van der Waals surface area contributed by atoms with E-state index in [0.29, 0.717) is 9.99 Å². The molecular formula is C12H6N4O2S3. The molecule has 0 N–H and O–H groups in total. The second-order valence-corrected chi connectivity index (χ2v) is 7.24. The van der Waals surface area contributed by atoms with Gasteiger partial charge in [-0.2, -0.15) is 9.38 Å². The number of imidazole rings is 1. The van der Waals surface area contributed by atoms with Crippen LogP contribution in [0.2, 0.25) is 0 Å². The Bertz CT molecular complexity index is 938. The Hall–Kier alpha value is -1.97. The summed E-state index contributed by atoms with van der Waals surface area (Å²) >= 11 is 4.12. The molecular weight excluding hydrogens is 328 g/mol. The minimum Gasteiger partial charge on any atom is -0.358 e. The summed E-state index contributed by atoms with van der Waals surface area (Å²) in [4.78, 5) is 20.3. The zero-order valence-corrected chi connectivity index (χ0v) is 12.7. The van der Waals surface area contributed by atoms with Gasteiger partial charge in [-0.25, -0.2) is 4.98 Å². The molecule has 21 heavy (non-hydrogen) atoms. The van der Waals surface area contributed by atoms with Gasteiger partial charge in [0.15, 0.2) is 4.34 Å². The van der Waals surface area contributed by atoms with Crippen LogP contribution in [0.1, 0.15) is 0 Å². The molecule has 3 heterocycles. The highest BCUT2D eigenvalue weighted by atomic mass is 32.2. The summed E-state index contributed by atoms with van der Waals surface area (Å²) in [6.45, 7) is 0. The van der Waals surface area contributed by atoms with E-state index in [1.54, 1.807) is 11.6 Å². The van der Waals surface area contributed by atoms with Gasteiger partial charge < -0.3 is 10.1 Å². The number of hydrogen-bond donors (Lipinski definition) is 0. The molecule has 1 aromatic carbocycles. The van der Waals surface area contributed by atoms with Gasteiger partial charge >= 0.3 is 5.82 Å². The molecule has 0 aliphatic carbocycles. The van der Waals surface area contributed by atoms with Gasteiger partial charge in [-0.05, 0) is 28.8 Å². The molecule has 0 aliphatic heterocycles. The number of rotatable bonds is 3. The fourth-order valence-electron chi connectivity index (χ4n) is 1.97. The highest BCUT2D eigenvalue weighted by Crippen LogP contribution is 2.39. The number of nitrogens with zero attached hydrogens (tertiary/aromatic N) is 4. The number of para-hydroxylation sites is 1. The number of benzene rings is 1. The van der Waals surface area contributed by atoms with Crippen LogP contribution in [0, 0.1) is 10.1 Å². The van der Waals surface area contributed by atoms with Crippen molar-refractivity contribution in [2.24, 2.45) is 0 Å². The van der Waals surface area contributed by atoms with E-state index in [1.807, 2.05) is 24.3 Å². The van der Waals surface area contributed by atoms with Crippen LogP contribution in [0.3, 0.4) is 0 Å². The fraction of sp³-hybridized carbons (Fsp3) is 0. The maximum Gasteiger partial charge on any atom is 0.363 e. The third-order valence-electron chi connectivity index (χ3n) is 2.84. The third kappa shape index (κ3) is 2.09. The van der Waals surface area contributed by atoms with Crippen molar-refractivity contribution in [2.45, 2.75) is 9.37 Å². The molecule has 0 fully saturated rings. The van der Waals surface area contributed by atoms with Crippen molar-refractivity contribution in [2.75, 3.05) is 0 Å². The van der Waals surface area contributed by atoms with Crippen LogP contribution in [0.4, 0.5) is 5.82 Å². The molecule has 4 rings (SSSR count). The van der Waals surface area contributed by atoms with Crippen LogP contribution in [0.15, 0.2) is 45.2 Å². The summed E-state index contributed by atoms with van der Waals surface area (Å²) in [5, 5.41) is 13.4. The van der Waals surface area contributed by atoms with Crippen molar-refractivity contribution >= 4 is 55.4 Å². The lowest BCUT2D eigenvalue weighted by atomic mass is 10.3. The summed E-state index contributed by atoms with van der Waals surface area (Å²) in [7, 11) is 0. The normalized spacial score (nSPS) is 11.4. The molecule has 9 heteroatoms. The van der Waals surface area contributed by atoms with Gasteiger partial charge in [0, 0.05) is 5.38 Å². The maximum atomic E-state index is 11.3. The smallest absolute Gasteiger partial charge is 0.358 e. The van der Waals surface area contributed by atoms with E-state index in [0.717, 1.165) is 14.6 Å². The van der Waals surface area contributed by atoms with Gasteiger partial charge in [-0.15, -0.1) is 11.3 Å². The predicted molar refractivity (Wildman–Crippen MR) is 83.5 cm³/mol. The number of hydrogen-bond acceptors (Lipinski definition) is 7. The molecule has 4 aromatic rings. The molecule has 3 aromatic heterocycles. The van der Waals surface area contributed by atoms with Crippen molar-refractivity contribution in [1.82, 2.24) is 14.4 Å². The first-order chi connectivity index (χ1) is 10.2. The van der Waals surface area contributed by atoms with E-state index in [2.05, 4.69) is 9.97 Å². The molecule has 0 aliphatic rings. The Kier molecular flexibility index (Phi) is 2.91. The highest BCUT2D eigenvalue weighted by molar-refractivity contribution is 8.01. The SMILES string of the molecule is O=[N+]([O-])c1c(Sc2nc3ccccc3s2)nc2sccn12. The monoisotopic (exact) mass is 334 g/mol. The Balaban J connectivity index is 1.81. The van der Waals surface area contributed by atoms with Gasteiger partial charge in [0.1, 0.15) is 6.20 Å². The van der Waals surface area contributed by atoms with Gasteiger partial charge in [-0.3, -0.25) is 0 Å². The number of thiazole rings is 2. The summed E-state index contributed by atoms with van der Waals surface area (Å²) in [6, 6.07) is 7.78. The molecule has 0 spiro atoms. The van der Waals surface area contributed by atoms with E-state index >= 15 is 0 Å². The Morgan fingerprint density at radius 3 is 2.95 bits per heavy atom. The zero-order valence-electron chi connectivity index (χ0n) is 10.3. The van der Waals surface area contributed by atoms with Crippen molar-refractivity contribution in [3.8, 4) is 0 Å². The molecule has 0 saturated heterocycles. The second-order valence-electron chi connectivity index (χ2n) is 4.10. The van der Waals surface area contributed by atoms with E-state index in [-0.39, 0.29) is 5.82 Å². The third-order valence-corrected chi connectivity index (χ3v) is 5.66. The van der Waals surface area contributed by atoms with Gasteiger partial charge in [0.25, 0.3) is 4.96 Å². The lowest BCUT2D eigenvalue weighted by Gasteiger charge is -1.94. The zero-order chi connectivity index (χ0) is 14.4. The molecule has 104 valence electrons. The first kappa shape index (κ1) is 12.7. The van der Waals surface area contributed by atoms with Gasteiger partial charge in [0.2, 0.25) is 5.03 Å². The largest absolute Gasteiger partial charge is 0.363 e. The number of aromatic nitrogens is 3. The molecule has 6 nitrogen and oxygen atoms in total. The minimum absolute atomic E-state index is 0.00416. The van der Waals surface area contributed by atoms with E-state index < -0.39 is 4.92 Å². The predicted octanol–water partition coefficient (Wildman–Crippen LogP) is 4.06. The number of nitro groups is 1. The van der Waals surface area contributed by atoms with Crippen molar-refractivity contribution in [1.29, 1.82) is 0 Å².